The quantitative estimate of drug-likeness (QED) is 0.00410. The number of rotatable bonds is 32. The predicted molar refractivity (Wildman–Crippen MR) is 443 cm³/mol. The number of barbiturate groups is 1. The largest absolute Gasteiger partial charge is 0.444 e. The Morgan fingerprint density at radius 2 is 0.888 bits per heavy atom. The standard InChI is InChI=1S/C18H26N2O6S2.C14H24N2O4S.C11H19N5O3S.C11H21N3O3S.C11H20N2O4S.C6H8N2O3.H2/c1-13-5-7-15(8-6-13)28(23,24)26-20-14(11-16(20)21)12-27-10-9-19-17(22)25-18(2,3)4;1-5-7-19-16-11(9-12(16)17)10-21-8-6-15-13(18)20-14(2,3)4;1-11(2,3)19-10(18)13-4-5-20-6-7-8(15-16-12)9(17)14-7;1-11(2,3)17-10(16)13-4-5-18-6-7-8(12)9(15)14-7;1-11(2,3)17-10(15)12-4-5-18-7-8-6-9(14)13(8)16;1-7-4(9)3-5(10)8(2)6(7)11;/h5-8,14H,9-12H2,1-4H3,(H,19,22);5,11H,1,6-10H2,2-4H3,(H,15,18);7-8H,4-6H2,1-3H3,(H,13,18)(H,14,17);7-8H,4-6,12H2,1-3H3,(H,13,16)(H,14,15);8,16H,4-7H2,1-3H3,(H,12,15);3H2,1-2H3;1H/t;;2*7-,8-;;;/m..00.../s1. The lowest BCUT2D eigenvalue weighted by Gasteiger charge is -2.38. The summed E-state index contributed by atoms with van der Waals surface area (Å²) in [7, 11) is -1.34. The molecule has 0 aromatic heterocycles. The van der Waals surface area contributed by atoms with Crippen LogP contribution in [0.1, 0.15) is 137 Å². The molecule has 6 fully saturated rings. The normalized spacial score (nSPS) is 19.6. The van der Waals surface area contributed by atoms with Crippen LogP contribution in [0.4, 0.5) is 28.8 Å². The summed E-state index contributed by atoms with van der Waals surface area (Å²) in [5.41, 5.74) is 12.3. The molecule has 0 aliphatic carbocycles. The van der Waals surface area contributed by atoms with Crippen LogP contribution in [0.25, 0.3) is 10.4 Å². The molecule has 1 aromatic rings. The molecule has 10 N–H and O–H groups in total. The van der Waals surface area contributed by atoms with Crippen molar-refractivity contribution in [1.82, 2.24) is 62.2 Å². The van der Waals surface area contributed by atoms with Crippen LogP contribution in [-0.2, 0) is 76.5 Å². The fourth-order valence-corrected chi connectivity index (χ4v) is 14.7. The summed E-state index contributed by atoms with van der Waals surface area (Å²) in [6, 6.07) is 4.33. The number of carbonyl (C=O) groups is 13. The van der Waals surface area contributed by atoms with Crippen molar-refractivity contribution >= 4 is 147 Å². The van der Waals surface area contributed by atoms with Crippen molar-refractivity contribution in [2.75, 3.05) is 111 Å². The van der Waals surface area contributed by atoms with Crippen molar-refractivity contribution in [1.29, 1.82) is 0 Å². The monoisotopic (exact) mass is 1760 g/mol. The number of aryl methyl sites for hydroxylation is 1. The van der Waals surface area contributed by atoms with Gasteiger partial charge in [0.1, 0.15) is 46.5 Å². The number of hydroxylamine groups is 6. The van der Waals surface area contributed by atoms with Gasteiger partial charge in [-0.1, -0.05) is 28.9 Å². The molecule has 0 spiro atoms. The molecule has 6 saturated heterocycles. The second-order valence-corrected chi connectivity index (χ2v) is 38.2. The van der Waals surface area contributed by atoms with Crippen molar-refractivity contribution in [3.8, 4) is 0 Å². The number of imide groups is 2. The molecular weight excluding hydrogens is 1640 g/mol. The maximum Gasteiger partial charge on any atom is 0.407 e. The van der Waals surface area contributed by atoms with E-state index in [1.54, 1.807) is 107 Å². The average Bonchev–Trinajstić information content (AvgIpc) is 0.782. The van der Waals surface area contributed by atoms with Gasteiger partial charge in [0.05, 0.1) is 61.0 Å². The lowest BCUT2D eigenvalue weighted by molar-refractivity contribution is -0.219. The number of β-lactam (4-membered cyclic amide) rings is 5. The van der Waals surface area contributed by atoms with Crippen LogP contribution >= 0.6 is 58.8 Å². The second kappa shape index (κ2) is 50.1. The molecule has 7 atom stereocenters. The van der Waals surface area contributed by atoms with Crippen molar-refractivity contribution in [3.05, 3.63) is 52.9 Å². The van der Waals surface area contributed by atoms with Crippen LogP contribution in [0, 0.1) is 6.92 Å². The highest BCUT2D eigenvalue weighted by Gasteiger charge is 2.43. The van der Waals surface area contributed by atoms with E-state index in [0.717, 1.165) is 54.3 Å². The molecule has 3 unspecified atom stereocenters. The topological polar surface area (TPSA) is 516 Å². The Hall–Kier alpha value is -7.88. The number of benzene rings is 1. The lowest BCUT2D eigenvalue weighted by atomic mass is 10.0. The van der Waals surface area contributed by atoms with Gasteiger partial charge in [-0.2, -0.15) is 72.3 Å². The summed E-state index contributed by atoms with van der Waals surface area (Å²) < 4.78 is 55.2. The van der Waals surface area contributed by atoms with Crippen LogP contribution in [0.2, 0.25) is 0 Å². The van der Waals surface area contributed by atoms with E-state index < -0.39 is 92.5 Å². The fraction of sp³-hybridized carbons (Fsp3) is 0.704. The van der Waals surface area contributed by atoms with Gasteiger partial charge in [0.15, 0.2) is 0 Å². The molecule has 7 rings (SSSR count). The Morgan fingerprint density at radius 1 is 0.552 bits per heavy atom. The van der Waals surface area contributed by atoms with Crippen LogP contribution in [-0.4, -0.2) is 298 Å². The average molecular weight is 1760 g/mol. The maximum atomic E-state index is 12.3. The first-order chi connectivity index (χ1) is 53.8. The Balaban J connectivity index is 0.000000713. The highest BCUT2D eigenvalue weighted by molar-refractivity contribution is 8.00. The lowest BCUT2D eigenvalue weighted by Crippen LogP contribution is -2.67. The number of hydrogen-bond acceptors (Lipinski definition) is 30. The van der Waals surface area contributed by atoms with Gasteiger partial charge in [-0.25, -0.2) is 38.9 Å². The number of ether oxygens (including phenoxy) is 5. The third kappa shape index (κ3) is 43.0. The molecule has 658 valence electrons. The van der Waals surface area contributed by atoms with Crippen molar-refractivity contribution in [3.63, 3.8) is 0 Å². The Labute approximate surface area is 701 Å². The number of amides is 14. The molecule has 0 saturated carbocycles. The van der Waals surface area contributed by atoms with Crippen molar-refractivity contribution in [2.45, 2.75) is 212 Å². The number of urea groups is 1. The fourth-order valence-electron chi connectivity index (χ4n) is 8.99. The van der Waals surface area contributed by atoms with Gasteiger partial charge in [0.2, 0.25) is 41.4 Å². The third-order valence-corrected chi connectivity index (χ3v) is 21.5. The van der Waals surface area contributed by atoms with Crippen LogP contribution in [0.3, 0.4) is 0 Å². The zero-order chi connectivity index (χ0) is 88.1. The highest BCUT2D eigenvalue weighted by atomic mass is 32.2. The first kappa shape index (κ1) is 104. The van der Waals surface area contributed by atoms with Gasteiger partial charge >= 0.3 is 46.6 Å². The second-order valence-electron chi connectivity index (χ2n) is 31.0. The van der Waals surface area contributed by atoms with Crippen molar-refractivity contribution < 1.29 is 110 Å². The molecule has 1 aromatic carbocycles. The minimum absolute atomic E-state index is 0. The van der Waals surface area contributed by atoms with Gasteiger partial charge < -0.3 is 66.6 Å². The molecule has 6 aliphatic heterocycles. The highest BCUT2D eigenvalue weighted by Crippen LogP contribution is 2.28. The van der Waals surface area contributed by atoms with E-state index in [1.165, 1.54) is 43.1 Å². The molecule has 116 heavy (non-hydrogen) atoms. The summed E-state index contributed by atoms with van der Waals surface area (Å²) in [6.45, 7) is 35.3. The summed E-state index contributed by atoms with van der Waals surface area (Å²) >= 11 is 7.93. The van der Waals surface area contributed by atoms with Gasteiger partial charge in [-0.05, 0) is 128 Å². The number of carbonyl (C=O) groups excluding carboxylic acids is 13. The number of thioether (sulfide) groups is 5. The smallest absolute Gasteiger partial charge is 0.407 e. The molecule has 39 nitrogen and oxygen atoms in total. The van der Waals surface area contributed by atoms with Gasteiger partial charge in [-0.15, -0.1) is 10.9 Å². The third-order valence-electron chi connectivity index (χ3n) is 14.7. The van der Waals surface area contributed by atoms with Gasteiger partial charge in [0, 0.05) is 111 Å². The molecule has 45 heteroatoms. The number of nitrogens with zero attached hydrogens (tertiary/aromatic N) is 8. The number of azide groups is 1. The predicted octanol–water partition coefficient (Wildman–Crippen LogP) is 6.84. The minimum atomic E-state index is -4.04. The van der Waals surface area contributed by atoms with E-state index in [9.17, 15) is 70.7 Å². The van der Waals surface area contributed by atoms with Gasteiger partial charge in [0.25, 0.3) is 0 Å². The minimum Gasteiger partial charge on any atom is -0.444 e. The van der Waals surface area contributed by atoms with E-state index in [0.29, 0.717) is 80.9 Å². The maximum absolute atomic E-state index is 12.3. The van der Waals surface area contributed by atoms with Crippen LogP contribution in [0.5, 0.6) is 0 Å². The summed E-state index contributed by atoms with van der Waals surface area (Å²) in [5.74, 6) is 5.11. The number of hydrogen-bond donors (Lipinski definition) is 9. The molecule has 6 aliphatic rings. The number of nitrogens with two attached hydrogens (primary N) is 1. The van der Waals surface area contributed by atoms with E-state index in [4.69, 9.17) is 49.3 Å². The Kier molecular flexibility index (Phi) is 45.0. The Bertz CT molecular complexity index is 3550. The SMILES string of the molecule is C=CCON1C(=O)CC1CSCCNC(=O)OC(C)(C)C.CC(C)(C)OC(=O)NCCSCC1CC(=O)N1O.CC(C)(C)OC(=O)NCCSC[C@@H]1NC(=O)[C@H]1N.CC(C)(C)OC(=O)NCCSC[C@@H]1NC(=O)[C@H]1N=[N+]=[N-].CN1C(=O)CC(=O)N(C)C1=O.Cc1ccc(S(=O)(=O)ON2C(=O)CC2CSCCNC(=O)OC(C)(C)C)cc1.[HH]. The molecule has 0 bridgehead atoms. The number of nitrogens with one attached hydrogen (secondary N) is 7. The van der Waals surface area contributed by atoms with E-state index >= 15 is 0 Å². The summed E-state index contributed by atoms with van der Waals surface area (Å²) in [5, 5.41) is 34.4. The molecule has 0 radical (unpaired) electrons. The van der Waals surface area contributed by atoms with E-state index in [1.807, 2.05) is 69.2 Å². The molecular formula is C71H120N16O23S6. The molecule has 14 amide bonds. The zero-order valence-electron chi connectivity index (χ0n) is 69.3. The first-order valence-corrected chi connectivity index (χ1v) is 44.1. The molecule has 6 heterocycles. The van der Waals surface area contributed by atoms with Crippen molar-refractivity contribution in [2.24, 2.45) is 10.8 Å². The Morgan fingerprint density at radius 3 is 1.20 bits per heavy atom. The zero-order valence-corrected chi connectivity index (χ0v) is 74.2. The summed E-state index contributed by atoms with van der Waals surface area (Å²) in [6.07, 6.45) is 0.394. The van der Waals surface area contributed by atoms with E-state index in [-0.39, 0.29) is 85.0 Å². The summed E-state index contributed by atoms with van der Waals surface area (Å²) in [4.78, 5) is 155. The number of alkyl carbamates (subject to hydrolysis) is 5. The van der Waals surface area contributed by atoms with E-state index in [2.05, 4.69) is 53.8 Å². The first-order valence-electron chi connectivity index (χ1n) is 36.9. The van der Waals surface area contributed by atoms with Crippen LogP contribution in [0.15, 0.2) is 46.9 Å². The van der Waals surface area contributed by atoms with Gasteiger partial charge in [-0.3, -0.25) is 53.4 Å². The van der Waals surface area contributed by atoms with Crippen LogP contribution < -0.4 is 43.0 Å².